The lowest BCUT2D eigenvalue weighted by Gasteiger charge is -2.53. The molecule has 6 rings (SSSR count). The quantitative estimate of drug-likeness (QED) is 0.783. The van der Waals surface area contributed by atoms with Gasteiger partial charge in [0.2, 0.25) is 5.56 Å². The normalized spacial score (nSPS) is 32.1. The van der Waals surface area contributed by atoms with Crippen LogP contribution in [-0.2, 0) is 6.42 Å². The molecule has 140 valence electrons. The molecule has 0 bridgehead atoms. The lowest BCUT2D eigenvalue weighted by molar-refractivity contribution is 0.0273. The van der Waals surface area contributed by atoms with Crippen molar-refractivity contribution in [2.24, 2.45) is 10.4 Å². The molecule has 2 N–H and O–H groups in total. The van der Waals surface area contributed by atoms with Gasteiger partial charge in [0, 0.05) is 35.0 Å². The van der Waals surface area contributed by atoms with Crippen molar-refractivity contribution in [3.8, 4) is 0 Å². The highest BCUT2D eigenvalue weighted by Gasteiger charge is 2.50. The van der Waals surface area contributed by atoms with Gasteiger partial charge >= 0.3 is 0 Å². The minimum Gasteiger partial charge on any atom is -0.362 e. The summed E-state index contributed by atoms with van der Waals surface area (Å²) >= 11 is 1.27. The van der Waals surface area contributed by atoms with E-state index in [1.54, 1.807) is 0 Å². The molecule has 2 aromatic rings. The Morgan fingerprint density at radius 2 is 2.22 bits per heavy atom. The van der Waals surface area contributed by atoms with E-state index < -0.39 is 5.56 Å². The molecule has 5 heterocycles. The van der Waals surface area contributed by atoms with Gasteiger partial charge in [-0.25, -0.2) is 4.99 Å². The maximum atomic E-state index is 9.97. The number of fused-ring (bicyclic) bond motifs is 3. The predicted octanol–water partition coefficient (Wildman–Crippen LogP) is 3.51. The third-order valence-corrected chi connectivity index (χ3v) is 7.62. The minimum absolute atomic E-state index is 0.148. The Labute approximate surface area is 163 Å². The summed E-state index contributed by atoms with van der Waals surface area (Å²) in [6.07, 6.45) is 7.19. The van der Waals surface area contributed by atoms with Crippen molar-refractivity contribution in [2.75, 3.05) is 13.1 Å². The number of nitrogens with zero attached hydrogens (tertiary/aromatic N) is 3. The van der Waals surface area contributed by atoms with Crippen molar-refractivity contribution in [1.29, 1.82) is 0 Å². The van der Waals surface area contributed by atoms with Gasteiger partial charge in [0.15, 0.2) is 5.84 Å². The Hall–Kier alpha value is -1.76. The SMILES string of the molecule is CCC12C=C(C3=NC(O)SN3)n3c4c(c5ccccc53)CCN(CCC1)[C@H]42. The Morgan fingerprint density at radius 1 is 1.33 bits per heavy atom. The van der Waals surface area contributed by atoms with E-state index in [2.05, 4.69) is 56.4 Å². The van der Waals surface area contributed by atoms with Crippen LogP contribution in [0.15, 0.2) is 35.3 Å². The van der Waals surface area contributed by atoms with Gasteiger partial charge in [-0.1, -0.05) is 25.1 Å². The number of piperidine rings is 1. The molecule has 0 saturated carbocycles. The molecule has 0 radical (unpaired) electrons. The van der Waals surface area contributed by atoms with E-state index in [1.807, 2.05) is 0 Å². The lowest BCUT2D eigenvalue weighted by atomic mass is 9.66. The van der Waals surface area contributed by atoms with Crippen LogP contribution in [0.1, 0.15) is 43.5 Å². The summed E-state index contributed by atoms with van der Waals surface area (Å²) in [7, 11) is 0. The molecule has 3 atom stereocenters. The molecule has 1 saturated heterocycles. The minimum atomic E-state index is -0.725. The van der Waals surface area contributed by atoms with Crippen LogP contribution in [0.3, 0.4) is 0 Å². The van der Waals surface area contributed by atoms with E-state index in [0.717, 1.165) is 30.9 Å². The van der Waals surface area contributed by atoms with Crippen LogP contribution in [0.5, 0.6) is 0 Å². The van der Waals surface area contributed by atoms with E-state index in [1.165, 1.54) is 53.5 Å². The summed E-state index contributed by atoms with van der Waals surface area (Å²) < 4.78 is 5.71. The molecular weight excluding hydrogens is 356 g/mol. The van der Waals surface area contributed by atoms with Crippen molar-refractivity contribution in [3.05, 3.63) is 41.6 Å². The summed E-state index contributed by atoms with van der Waals surface area (Å²) in [5, 5.41) is 11.3. The summed E-state index contributed by atoms with van der Waals surface area (Å²) in [5.74, 6) is 0.810. The summed E-state index contributed by atoms with van der Waals surface area (Å²) in [6.45, 7) is 4.69. The van der Waals surface area contributed by atoms with E-state index in [0.29, 0.717) is 6.04 Å². The van der Waals surface area contributed by atoms with Gasteiger partial charge in [0.25, 0.3) is 0 Å². The van der Waals surface area contributed by atoms with Crippen molar-refractivity contribution >= 4 is 34.4 Å². The molecule has 27 heavy (non-hydrogen) atoms. The zero-order chi connectivity index (χ0) is 18.2. The first-order valence-corrected chi connectivity index (χ1v) is 10.9. The van der Waals surface area contributed by atoms with Crippen molar-refractivity contribution in [3.63, 3.8) is 0 Å². The second-order valence-corrected chi connectivity index (χ2v) is 9.01. The van der Waals surface area contributed by atoms with E-state index in [-0.39, 0.29) is 5.41 Å². The number of nitrogens with one attached hydrogen (secondary N) is 1. The van der Waals surface area contributed by atoms with Gasteiger partial charge in [0.1, 0.15) is 0 Å². The van der Waals surface area contributed by atoms with Gasteiger partial charge in [-0.2, -0.15) is 0 Å². The fraction of sp³-hybridized carbons (Fsp3) is 0.476. The number of hydrogen-bond donors (Lipinski definition) is 2. The van der Waals surface area contributed by atoms with Gasteiger partial charge < -0.3 is 14.4 Å². The molecule has 4 aliphatic rings. The van der Waals surface area contributed by atoms with Gasteiger partial charge in [-0.3, -0.25) is 4.90 Å². The third-order valence-electron chi connectivity index (χ3n) is 6.99. The van der Waals surface area contributed by atoms with Gasteiger partial charge in [-0.05, 0) is 49.9 Å². The molecule has 0 aliphatic carbocycles. The monoisotopic (exact) mass is 380 g/mol. The highest BCUT2D eigenvalue weighted by molar-refractivity contribution is 7.98. The molecule has 4 aliphatic heterocycles. The number of hydrogen-bond acceptors (Lipinski definition) is 5. The van der Waals surface area contributed by atoms with E-state index >= 15 is 0 Å². The number of para-hydroxylation sites is 1. The second kappa shape index (κ2) is 5.63. The van der Waals surface area contributed by atoms with Gasteiger partial charge in [0.05, 0.1) is 17.3 Å². The molecule has 2 unspecified atom stereocenters. The molecule has 1 fully saturated rings. The maximum Gasteiger partial charge on any atom is 0.215 e. The Kier molecular flexibility index (Phi) is 3.38. The Bertz CT molecular complexity index is 1010. The number of aliphatic hydroxyl groups excluding tert-OH is 1. The molecule has 1 aromatic carbocycles. The molecule has 6 heteroatoms. The van der Waals surface area contributed by atoms with Crippen LogP contribution < -0.4 is 4.72 Å². The van der Waals surface area contributed by atoms with Crippen molar-refractivity contribution in [2.45, 2.75) is 44.2 Å². The summed E-state index contributed by atoms with van der Waals surface area (Å²) in [4.78, 5) is 7.20. The Balaban J connectivity index is 1.70. The first kappa shape index (κ1) is 16.2. The summed E-state index contributed by atoms with van der Waals surface area (Å²) in [6, 6.07) is 9.23. The number of amidine groups is 1. The lowest BCUT2D eigenvalue weighted by Crippen LogP contribution is -2.51. The standard InChI is InChI=1S/C21H24N4OS/c1-2-21-9-5-10-24-11-8-14-13-6-3-4-7-15(13)25(17(14)18(21)24)16(12-21)19-22-20(26)27-23-19/h3-4,6-7,12,18,20,26H,2,5,8-11H2,1H3,(H,22,23)/t18-,20?,21?/m1/s1. The fourth-order valence-corrected chi connectivity index (χ4v) is 6.38. The zero-order valence-corrected chi connectivity index (χ0v) is 16.3. The molecule has 5 nitrogen and oxygen atoms in total. The highest BCUT2D eigenvalue weighted by Crippen LogP contribution is 2.57. The average Bonchev–Trinajstić information content (AvgIpc) is 3.28. The maximum absolute atomic E-state index is 9.97. The van der Waals surface area contributed by atoms with Crippen LogP contribution in [0.4, 0.5) is 0 Å². The third kappa shape index (κ3) is 2.06. The molecule has 0 spiro atoms. The first-order valence-electron chi connectivity index (χ1n) is 9.99. The first-order chi connectivity index (χ1) is 13.2. The number of benzene rings is 1. The zero-order valence-electron chi connectivity index (χ0n) is 15.5. The van der Waals surface area contributed by atoms with Crippen LogP contribution in [0, 0.1) is 5.41 Å². The molecular formula is C21H24N4OS. The number of rotatable bonds is 2. The van der Waals surface area contributed by atoms with Crippen LogP contribution >= 0.6 is 11.9 Å². The molecule has 1 aromatic heterocycles. The summed E-state index contributed by atoms with van der Waals surface area (Å²) in [5.41, 5.74) is 4.80. The van der Waals surface area contributed by atoms with E-state index in [9.17, 15) is 5.11 Å². The van der Waals surface area contributed by atoms with Crippen molar-refractivity contribution in [1.82, 2.24) is 14.2 Å². The van der Waals surface area contributed by atoms with Crippen molar-refractivity contribution < 1.29 is 5.11 Å². The predicted molar refractivity (Wildman–Crippen MR) is 110 cm³/mol. The Morgan fingerprint density at radius 3 is 3.04 bits per heavy atom. The van der Waals surface area contributed by atoms with Crippen LogP contribution in [0.2, 0.25) is 0 Å². The molecule has 0 amide bonds. The van der Waals surface area contributed by atoms with E-state index in [4.69, 9.17) is 0 Å². The topological polar surface area (TPSA) is 52.8 Å². The fourth-order valence-electron chi connectivity index (χ4n) is 5.84. The number of aliphatic imine (C=N–C) groups is 1. The average molecular weight is 381 g/mol. The van der Waals surface area contributed by atoms with Crippen LogP contribution in [0.25, 0.3) is 16.6 Å². The smallest absolute Gasteiger partial charge is 0.215 e. The highest BCUT2D eigenvalue weighted by atomic mass is 32.2. The number of aliphatic hydroxyl groups is 1. The largest absolute Gasteiger partial charge is 0.362 e. The second-order valence-electron chi connectivity index (χ2n) is 8.15. The number of aromatic nitrogens is 1. The van der Waals surface area contributed by atoms with Crippen LogP contribution in [-0.4, -0.2) is 39.1 Å². The van der Waals surface area contributed by atoms with Gasteiger partial charge in [-0.15, -0.1) is 0 Å².